The van der Waals surface area contributed by atoms with Crippen molar-refractivity contribution in [3.63, 3.8) is 0 Å². The molecule has 102 valence electrons. The lowest BCUT2D eigenvalue weighted by molar-refractivity contribution is 0.0435. The van der Waals surface area contributed by atoms with Crippen LogP contribution in [0.3, 0.4) is 0 Å². The first kappa shape index (κ1) is 15.0. The van der Waals surface area contributed by atoms with E-state index < -0.39 is 6.10 Å². The highest BCUT2D eigenvalue weighted by Gasteiger charge is 2.07. The minimum Gasteiger partial charge on any atom is -0.497 e. The summed E-state index contributed by atoms with van der Waals surface area (Å²) >= 11 is 0. The van der Waals surface area contributed by atoms with Gasteiger partial charge in [0.1, 0.15) is 5.75 Å². The summed E-state index contributed by atoms with van der Waals surface area (Å²) in [5.74, 6) is 0.877. The zero-order chi connectivity index (χ0) is 13.4. The molecule has 0 fully saturated rings. The Kier molecular flexibility index (Phi) is 6.72. The molecule has 1 aromatic rings. The molecule has 0 radical (unpaired) electrons. The van der Waals surface area contributed by atoms with Gasteiger partial charge in [-0.15, -0.1) is 0 Å². The monoisotopic (exact) mass is 253 g/mol. The molecule has 0 bridgehead atoms. The van der Waals surface area contributed by atoms with Gasteiger partial charge in [-0.2, -0.15) is 0 Å². The Morgan fingerprint density at radius 3 is 2.44 bits per heavy atom. The highest BCUT2D eigenvalue weighted by atomic mass is 16.5. The third-order valence-electron chi connectivity index (χ3n) is 2.82. The molecule has 4 nitrogen and oxygen atoms in total. The molecule has 0 spiro atoms. The molecule has 1 unspecified atom stereocenters. The molecular formula is C14H23NO3. The fourth-order valence-electron chi connectivity index (χ4n) is 1.81. The lowest BCUT2D eigenvalue weighted by Gasteiger charge is -2.20. The number of aliphatic hydroxyl groups excluding tert-OH is 1. The van der Waals surface area contributed by atoms with Crippen LogP contribution in [0.5, 0.6) is 5.75 Å². The molecule has 0 aliphatic heterocycles. The Bertz CT molecular complexity index is 326. The molecule has 0 amide bonds. The Labute approximate surface area is 109 Å². The maximum Gasteiger partial charge on any atom is 0.118 e. The third-order valence-corrected chi connectivity index (χ3v) is 2.82. The first-order valence-corrected chi connectivity index (χ1v) is 6.14. The normalized spacial score (nSPS) is 12.7. The molecule has 1 N–H and O–H groups in total. The average Bonchev–Trinajstić information content (AvgIpc) is 2.37. The summed E-state index contributed by atoms with van der Waals surface area (Å²) in [6.45, 7) is 1.92. The molecule has 1 rings (SSSR count). The van der Waals surface area contributed by atoms with Crippen LogP contribution in [-0.4, -0.2) is 57.1 Å². The summed E-state index contributed by atoms with van der Waals surface area (Å²) in [5.41, 5.74) is 1.27. The number of rotatable bonds is 8. The molecule has 0 saturated carbocycles. The highest BCUT2D eigenvalue weighted by Crippen LogP contribution is 2.11. The second kappa shape index (κ2) is 8.08. The van der Waals surface area contributed by atoms with Crippen LogP contribution in [0.1, 0.15) is 5.56 Å². The van der Waals surface area contributed by atoms with Crippen molar-refractivity contribution in [2.45, 2.75) is 12.5 Å². The van der Waals surface area contributed by atoms with Crippen molar-refractivity contribution in [2.75, 3.05) is 41.0 Å². The zero-order valence-electron chi connectivity index (χ0n) is 11.4. The average molecular weight is 253 g/mol. The van der Waals surface area contributed by atoms with E-state index in [9.17, 15) is 5.11 Å². The molecule has 1 aromatic carbocycles. The summed E-state index contributed by atoms with van der Waals surface area (Å²) in [4.78, 5) is 2.11. The lowest BCUT2D eigenvalue weighted by atomic mass is 10.1. The van der Waals surface area contributed by atoms with Crippen molar-refractivity contribution in [3.05, 3.63) is 29.8 Å². The smallest absolute Gasteiger partial charge is 0.118 e. The van der Waals surface area contributed by atoms with Crippen LogP contribution in [0.15, 0.2) is 24.3 Å². The van der Waals surface area contributed by atoms with Gasteiger partial charge in [0.25, 0.3) is 0 Å². The molecule has 0 saturated heterocycles. The lowest BCUT2D eigenvalue weighted by Crippen LogP contribution is -2.33. The van der Waals surface area contributed by atoms with Crippen molar-refractivity contribution in [1.29, 1.82) is 0 Å². The van der Waals surface area contributed by atoms with Crippen molar-refractivity contribution in [3.8, 4) is 5.75 Å². The first-order chi connectivity index (χ1) is 8.65. The molecule has 0 aliphatic carbocycles. The van der Waals surface area contributed by atoms with Crippen molar-refractivity contribution in [2.24, 2.45) is 0 Å². The van der Waals surface area contributed by atoms with Crippen LogP contribution in [-0.2, 0) is 11.2 Å². The Hall–Kier alpha value is -1.10. The minimum absolute atomic E-state index is 0.382. The number of benzene rings is 1. The van der Waals surface area contributed by atoms with Gasteiger partial charge in [0, 0.05) is 20.2 Å². The van der Waals surface area contributed by atoms with Crippen LogP contribution >= 0.6 is 0 Å². The molecule has 0 heterocycles. The second-order valence-electron chi connectivity index (χ2n) is 4.47. The van der Waals surface area contributed by atoms with Gasteiger partial charge in [-0.05, 0) is 31.2 Å². The van der Waals surface area contributed by atoms with E-state index in [2.05, 4.69) is 17.0 Å². The number of nitrogens with zero attached hydrogens (tertiary/aromatic N) is 1. The van der Waals surface area contributed by atoms with Gasteiger partial charge in [0.15, 0.2) is 0 Å². The highest BCUT2D eigenvalue weighted by molar-refractivity contribution is 5.27. The fourth-order valence-corrected chi connectivity index (χ4v) is 1.81. The minimum atomic E-state index is -0.420. The molecular weight excluding hydrogens is 230 g/mol. The number of methoxy groups -OCH3 is 2. The summed E-state index contributed by atoms with van der Waals surface area (Å²) in [5, 5.41) is 9.60. The number of hydrogen-bond acceptors (Lipinski definition) is 4. The van der Waals surface area contributed by atoms with E-state index in [4.69, 9.17) is 9.47 Å². The number of aliphatic hydroxyl groups is 1. The quantitative estimate of drug-likeness (QED) is 0.755. The van der Waals surface area contributed by atoms with Gasteiger partial charge < -0.3 is 19.5 Å². The maximum absolute atomic E-state index is 9.60. The summed E-state index contributed by atoms with van der Waals surface area (Å²) in [6, 6.07) is 8.07. The summed E-state index contributed by atoms with van der Waals surface area (Å²) < 4.78 is 10.0. The summed E-state index contributed by atoms with van der Waals surface area (Å²) in [6.07, 6.45) is 0.538. The topological polar surface area (TPSA) is 41.9 Å². The Morgan fingerprint density at radius 1 is 1.22 bits per heavy atom. The van der Waals surface area contributed by atoms with Gasteiger partial charge in [0.05, 0.1) is 19.8 Å². The van der Waals surface area contributed by atoms with E-state index in [0.717, 1.165) is 18.7 Å². The van der Waals surface area contributed by atoms with E-state index in [1.54, 1.807) is 14.2 Å². The van der Waals surface area contributed by atoms with Crippen molar-refractivity contribution >= 4 is 0 Å². The molecule has 0 aromatic heterocycles. The number of likely N-dealkylation sites (N-methyl/N-ethyl adjacent to an activating group) is 1. The Morgan fingerprint density at radius 2 is 1.89 bits per heavy atom. The molecule has 18 heavy (non-hydrogen) atoms. The summed E-state index contributed by atoms with van der Waals surface area (Å²) in [7, 11) is 5.27. The van der Waals surface area contributed by atoms with Crippen LogP contribution in [0.2, 0.25) is 0 Å². The second-order valence-corrected chi connectivity index (χ2v) is 4.47. The van der Waals surface area contributed by atoms with Crippen molar-refractivity contribution < 1.29 is 14.6 Å². The maximum atomic E-state index is 9.60. The largest absolute Gasteiger partial charge is 0.497 e. The first-order valence-electron chi connectivity index (χ1n) is 6.14. The molecule has 0 aliphatic rings. The predicted octanol–water partition coefficient (Wildman–Crippen LogP) is 1.18. The number of hydrogen-bond donors (Lipinski definition) is 1. The predicted molar refractivity (Wildman–Crippen MR) is 72.1 cm³/mol. The van der Waals surface area contributed by atoms with Gasteiger partial charge in [0.2, 0.25) is 0 Å². The van der Waals surface area contributed by atoms with Crippen LogP contribution in [0.25, 0.3) is 0 Å². The van der Waals surface area contributed by atoms with Gasteiger partial charge in [-0.25, -0.2) is 0 Å². The van der Waals surface area contributed by atoms with E-state index in [1.165, 1.54) is 5.56 Å². The third kappa shape index (κ3) is 5.49. The van der Waals surface area contributed by atoms with Gasteiger partial charge in [-0.3, -0.25) is 0 Å². The molecule has 4 heteroatoms. The fraction of sp³-hybridized carbons (Fsp3) is 0.571. The van der Waals surface area contributed by atoms with Crippen molar-refractivity contribution in [1.82, 2.24) is 4.90 Å². The molecule has 1 atom stereocenters. The standard InChI is InChI=1S/C14H23NO3/c1-15(10-13(16)11-17-2)9-8-12-4-6-14(18-3)7-5-12/h4-7,13,16H,8-11H2,1-3H3. The Balaban J connectivity index is 2.30. The van der Waals surface area contributed by atoms with Gasteiger partial charge in [-0.1, -0.05) is 12.1 Å². The van der Waals surface area contributed by atoms with E-state index in [-0.39, 0.29) is 0 Å². The van der Waals surface area contributed by atoms with Gasteiger partial charge >= 0.3 is 0 Å². The van der Waals surface area contributed by atoms with E-state index in [1.807, 2.05) is 19.2 Å². The van der Waals surface area contributed by atoms with Crippen LogP contribution in [0.4, 0.5) is 0 Å². The zero-order valence-corrected chi connectivity index (χ0v) is 11.4. The van der Waals surface area contributed by atoms with E-state index >= 15 is 0 Å². The SMILES string of the molecule is COCC(O)CN(C)CCc1ccc(OC)cc1. The number of ether oxygens (including phenoxy) is 2. The van der Waals surface area contributed by atoms with E-state index in [0.29, 0.717) is 13.2 Å². The van der Waals surface area contributed by atoms with Crippen LogP contribution in [0, 0.1) is 0 Å². The van der Waals surface area contributed by atoms with Crippen LogP contribution < -0.4 is 4.74 Å².